The predicted octanol–water partition coefficient (Wildman–Crippen LogP) is 6.54. The standard InChI is InChI=1S/C28H40N2O2/c31-28(32)27(26-19-13-11-14-20-26)24-30-21-15-10-8-6-4-2-1-3-5-7-9-12-17-25-18-16-22-29-23-25/h7,9,11,13-14,16,18-20,22-23,27,30H,1-6,8,10,12,15,17,21,24H2,(H,31,32). The molecule has 0 saturated heterocycles. The Hall–Kier alpha value is -2.46. The molecule has 1 aromatic carbocycles. The molecule has 2 aromatic rings. The number of nitrogens with zero attached hydrogens (tertiary/aromatic N) is 1. The first kappa shape index (κ1) is 25.8. The summed E-state index contributed by atoms with van der Waals surface area (Å²) in [6.45, 7) is 1.39. The van der Waals surface area contributed by atoms with Crippen molar-refractivity contribution in [2.45, 2.75) is 76.5 Å². The van der Waals surface area contributed by atoms with Crippen LogP contribution in [0.5, 0.6) is 0 Å². The van der Waals surface area contributed by atoms with Gasteiger partial charge in [-0.05, 0) is 55.8 Å². The molecular weight excluding hydrogens is 396 g/mol. The fourth-order valence-corrected chi connectivity index (χ4v) is 3.88. The topological polar surface area (TPSA) is 62.2 Å². The number of benzene rings is 1. The van der Waals surface area contributed by atoms with Gasteiger partial charge in [-0.15, -0.1) is 0 Å². The SMILES string of the molecule is O=C(O)C(CNCCCCCCCCCCC=CCCc1cccnc1)c1ccccc1. The van der Waals surface area contributed by atoms with Crippen molar-refractivity contribution in [3.63, 3.8) is 0 Å². The number of unbranched alkanes of at least 4 members (excludes halogenated alkanes) is 8. The van der Waals surface area contributed by atoms with Crippen molar-refractivity contribution in [2.75, 3.05) is 13.1 Å². The summed E-state index contributed by atoms with van der Waals surface area (Å²) in [5.41, 5.74) is 2.18. The maximum absolute atomic E-state index is 11.5. The molecule has 2 rings (SSSR count). The highest BCUT2D eigenvalue weighted by Crippen LogP contribution is 2.15. The number of carboxylic acids is 1. The minimum Gasteiger partial charge on any atom is -0.481 e. The van der Waals surface area contributed by atoms with Crippen LogP contribution in [0.1, 0.15) is 81.3 Å². The zero-order chi connectivity index (χ0) is 22.7. The zero-order valence-corrected chi connectivity index (χ0v) is 19.4. The van der Waals surface area contributed by atoms with Crippen molar-refractivity contribution >= 4 is 5.97 Å². The molecule has 1 aromatic heterocycles. The third-order valence-corrected chi connectivity index (χ3v) is 5.81. The third-order valence-electron chi connectivity index (χ3n) is 5.81. The number of carboxylic acid groups (broad SMARTS) is 1. The van der Waals surface area contributed by atoms with Crippen molar-refractivity contribution in [1.82, 2.24) is 10.3 Å². The number of carbonyl (C=O) groups is 1. The van der Waals surface area contributed by atoms with Crippen LogP contribution in [0.3, 0.4) is 0 Å². The van der Waals surface area contributed by atoms with Gasteiger partial charge in [0, 0.05) is 18.9 Å². The first-order valence-corrected chi connectivity index (χ1v) is 12.3. The van der Waals surface area contributed by atoms with Crippen LogP contribution in [0.15, 0.2) is 67.0 Å². The Kier molecular flexibility index (Phi) is 13.8. The quantitative estimate of drug-likeness (QED) is 0.206. The molecule has 1 heterocycles. The lowest BCUT2D eigenvalue weighted by molar-refractivity contribution is -0.138. The minimum atomic E-state index is -0.760. The fraction of sp³-hybridized carbons (Fsp3) is 0.500. The highest BCUT2D eigenvalue weighted by molar-refractivity contribution is 5.76. The van der Waals surface area contributed by atoms with Crippen molar-refractivity contribution in [3.8, 4) is 0 Å². The second-order valence-corrected chi connectivity index (χ2v) is 8.49. The fourth-order valence-electron chi connectivity index (χ4n) is 3.88. The van der Waals surface area contributed by atoms with Gasteiger partial charge in [-0.25, -0.2) is 0 Å². The average Bonchev–Trinajstić information content (AvgIpc) is 2.82. The number of pyridine rings is 1. The molecule has 0 aliphatic heterocycles. The van der Waals surface area contributed by atoms with Gasteiger partial charge in [0.2, 0.25) is 0 Å². The van der Waals surface area contributed by atoms with Gasteiger partial charge < -0.3 is 10.4 Å². The second-order valence-electron chi connectivity index (χ2n) is 8.49. The Labute approximate surface area is 194 Å². The van der Waals surface area contributed by atoms with Gasteiger partial charge >= 0.3 is 5.97 Å². The molecule has 0 amide bonds. The van der Waals surface area contributed by atoms with E-state index in [0.717, 1.165) is 31.4 Å². The number of nitrogens with one attached hydrogen (secondary N) is 1. The van der Waals surface area contributed by atoms with Crippen molar-refractivity contribution in [1.29, 1.82) is 0 Å². The number of aromatic nitrogens is 1. The maximum Gasteiger partial charge on any atom is 0.312 e. The summed E-state index contributed by atoms with van der Waals surface area (Å²) >= 11 is 0. The highest BCUT2D eigenvalue weighted by atomic mass is 16.4. The number of rotatable bonds is 18. The lowest BCUT2D eigenvalue weighted by Crippen LogP contribution is -2.27. The first-order chi connectivity index (χ1) is 15.8. The summed E-state index contributed by atoms with van der Waals surface area (Å²) in [6.07, 6.45) is 22.0. The van der Waals surface area contributed by atoms with Crippen LogP contribution in [0.4, 0.5) is 0 Å². The molecule has 2 N–H and O–H groups in total. The Morgan fingerprint density at radius 3 is 2.25 bits per heavy atom. The molecule has 4 heteroatoms. The molecule has 0 radical (unpaired) electrons. The summed E-state index contributed by atoms with van der Waals surface area (Å²) in [4.78, 5) is 15.6. The van der Waals surface area contributed by atoms with Gasteiger partial charge in [0.1, 0.15) is 0 Å². The molecular formula is C28H40N2O2. The van der Waals surface area contributed by atoms with Crippen LogP contribution < -0.4 is 5.32 Å². The van der Waals surface area contributed by atoms with E-state index in [0.29, 0.717) is 6.54 Å². The minimum absolute atomic E-state index is 0.466. The second kappa shape index (κ2) is 17.1. The van der Waals surface area contributed by atoms with Gasteiger partial charge in [-0.1, -0.05) is 87.1 Å². The van der Waals surface area contributed by atoms with Crippen LogP contribution in [-0.2, 0) is 11.2 Å². The van der Waals surface area contributed by atoms with E-state index in [9.17, 15) is 9.90 Å². The molecule has 0 bridgehead atoms. The third kappa shape index (κ3) is 11.8. The molecule has 174 valence electrons. The first-order valence-electron chi connectivity index (χ1n) is 12.3. The maximum atomic E-state index is 11.5. The highest BCUT2D eigenvalue weighted by Gasteiger charge is 2.18. The van der Waals surface area contributed by atoms with E-state index in [-0.39, 0.29) is 0 Å². The molecule has 0 aliphatic carbocycles. The van der Waals surface area contributed by atoms with E-state index in [1.165, 1.54) is 56.9 Å². The molecule has 0 saturated carbocycles. The Balaban J connectivity index is 1.36. The number of aliphatic carboxylic acids is 1. The van der Waals surface area contributed by atoms with Crippen molar-refractivity contribution in [3.05, 3.63) is 78.1 Å². The lowest BCUT2D eigenvalue weighted by atomic mass is 9.99. The van der Waals surface area contributed by atoms with Gasteiger partial charge in [0.05, 0.1) is 5.92 Å². The van der Waals surface area contributed by atoms with Crippen LogP contribution in [-0.4, -0.2) is 29.1 Å². The summed E-state index contributed by atoms with van der Waals surface area (Å²) in [5, 5.41) is 12.8. The number of allylic oxidation sites excluding steroid dienone is 2. The summed E-state index contributed by atoms with van der Waals surface area (Å²) in [7, 11) is 0. The Morgan fingerprint density at radius 2 is 1.56 bits per heavy atom. The molecule has 0 fully saturated rings. The van der Waals surface area contributed by atoms with E-state index in [4.69, 9.17) is 0 Å². The molecule has 4 nitrogen and oxygen atoms in total. The number of hydrogen-bond acceptors (Lipinski definition) is 3. The monoisotopic (exact) mass is 436 g/mol. The van der Waals surface area contributed by atoms with Gasteiger partial charge in [0.25, 0.3) is 0 Å². The van der Waals surface area contributed by atoms with Crippen molar-refractivity contribution in [2.24, 2.45) is 0 Å². The normalized spacial score (nSPS) is 12.2. The lowest BCUT2D eigenvalue weighted by Gasteiger charge is -2.13. The number of hydrogen-bond donors (Lipinski definition) is 2. The van der Waals surface area contributed by atoms with E-state index in [2.05, 4.69) is 28.5 Å². The average molecular weight is 437 g/mol. The largest absolute Gasteiger partial charge is 0.481 e. The van der Waals surface area contributed by atoms with Gasteiger partial charge in [0.15, 0.2) is 0 Å². The van der Waals surface area contributed by atoms with Crippen LogP contribution in [0.25, 0.3) is 0 Å². The van der Waals surface area contributed by atoms with Gasteiger partial charge in [-0.2, -0.15) is 0 Å². The van der Waals surface area contributed by atoms with E-state index in [1.807, 2.05) is 48.8 Å². The van der Waals surface area contributed by atoms with Crippen LogP contribution in [0, 0.1) is 0 Å². The molecule has 1 unspecified atom stereocenters. The van der Waals surface area contributed by atoms with Gasteiger partial charge in [-0.3, -0.25) is 9.78 Å². The molecule has 1 atom stereocenters. The van der Waals surface area contributed by atoms with E-state index < -0.39 is 11.9 Å². The van der Waals surface area contributed by atoms with E-state index in [1.54, 1.807) is 0 Å². The molecule has 0 aliphatic rings. The molecule has 32 heavy (non-hydrogen) atoms. The number of aryl methyl sites for hydroxylation is 1. The summed E-state index contributed by atoms with van der Waals surface area (Å²) in [5.74, 6) is -1.23. The van der Waals surface area contributed by atoms with Crippen LogP contribution in [0.2, 0.25) is 0 Å². The Bertz CT molecular complexity index is 747. The van der Waals surface area contributed by atoms with E-state index >= 15 is 0 Å². The summed E-state index contributed by atoms with van der Waals surface area (Å²) < 4.78 is 0. The summed E-state index contributed by atoms with van der Waals surface area (Å²) in [6, 6.07) is 13.6. The predicted molar refractivity (Wildman–Crippen MR) is 133 cm³/mol. The zero-order valence-electron chi connectivity index (χ0n) is 19.4. The van der Waals surface area contributed by atoms with Crippen LogP contribution >= 0.6 is 0 Å². The smallest absolute Gasteiger partial charge is 0.312 e. The van der Waals surface area contributed by atoms with Crippen molar-refractivity contribution < 1.29 is 9.90 Å². The molecule has 0 spiro atoms. The Morgan fingerprint density at radius 1 is 0.875 bits per heavy atom.